The molecule has 2 atom stereocenters. The highest BCUT2D eigenvalue weighted by atomic mass is 19.4. The highest BCUT2D eigenvalue weighted by Crippen LogP contribution is 2.37. The molecule has 0 saturated heterocycles. The first-order valence-corrected chi connectivity index (χ1v) is 9.50. The lowest BCUT2D eigenvalue weighted by Gasteiger charge is -2.33. The fraction of sp³-hybridized carbons (Fsp3) is 0.350. The Hall–Kier alpha value is -3.58. The van der Waals surface area contributed by atoms with Gasteiger partial charge in [-0.05, 0) is 37.3 Å². The summed E-state index contributed by atoms with van der Waals surface area (Å²) in [4.78, 5) is 19.9. The summed E-state index contributed by atoms with van der Waals surface area (Å²) in [5.74, 6) is -7.14. The standard InChI is InChI=1S/C20H17F7N4O3/c1-18(15(22)8-33-17(28)31-18)12-6-10(2-4-13(12)21)30-16(32)14-5-3-11(7-29-14)34-9-19(23,24)20(25,26)27/h2-7,15H,8-9H2,1H3,(H2,28,31)(H,30,32)/t15-,18+/m0/s1. The van der Waals surface area contributed by atoms with E-state index in [-0.39, 0.29) is 23.0 Å². The van der Waals surface area contributed by atoms with Gasteiger partial charge in [-0.25, -0.2) is 18.8 Å². The molecule has 2 heterocycles. The molecule has 0 bridgehead atoms. The average Bonchev–Trinajstić information content (AvgIpc) is 2.76. The SMILES string of the molecule is C[C@]1(c2cc(NC(=O)c3ccc(OCC(F)(F)C(F)(F)F)cn3)ccc2F)N=C(N)OC[C@@H]1F. The molecule has 1 aromatic heterocycles. The summed E-state index contributed by atoms with van der Waals surface area (Å²) in [6.07, 6.45) is -6.74. The van der Waals surface area contributed by atoms with Crippen molar-refractivity contribution in [3.05, 3.63) is 53.6 Å². The van der Waals surface area contributed by atoms with Crippen molar-refractivity contribution < 1.29 is 45.0 Å². The van der Waals surface area contributed by atoms with Crippen LogP contribution in [0.15, 0.2) is 41.5 Å². The fourth-order valence-corrected chi connectivity index (χ4v) is 2.92. The number of hydrogen-bond acceptors (Lipinski definition) is 6. The largest absolute Gasteiger partial charge is 0.485 e. The lowest BCUT2D eigenvalue weighted by molar-refractivity contribution is -0.290. The smallest absolute Gasteiger partial charge is 0.456 e. The number of rotatable bonds is 6. The number of nitrogens with zero attached hydrogens (tertiary/aromatic N) is 2. The molecule has 3 rings (SSSR count). The molecule has 1 amide bonds. The average molecular weight is 494 g/mol. The molecule has 1 aliphatic heterocycles. The number of hydrogen-bond donors (Lipinski definition) is 2. The Kier molecular flexibility index (Phi) is 6.62. The molecular weight excluding hydrogens is 477 g/mol. The molecule has 0 spiro atoms. The monoisotopic (exact) mass is 494 g/mol. The quantitative estimate of drug-likeness (QED) is 0.593. The number of amides is 1. The Labute approximate surface area is 187 Å². The third-order valence-electron chi connectivity index (χ3n) is 4.90. The number of pyridine rings is 1. The maximum absolute atomic E-state index is 14.5. The van der Waals surface area contributed by atoms with Gasteiger partial charge in [0.05, 0.1) is 6.20 Å². The minimum Gasteiger partial charge on any atom is -0.485 e. The maximum Gasteiger partial charge on any atom is 0.456 e. The van der Waals surface area contributed by atoms with E-state index in [1.54, 1.807) is 0 Å². The van der Waals surface area contributed by atoms with E-state index < -0.39 is 54.5 Å². The van der Waals surface area contributed by atoms with Crippen LogP contribution in [0.5, 0.6) is 5.75 Å². The van der Waals surface area contributed by atoms with Crippen LogP contribution in [0.25, 0.3) is 0 Å². The number of benzene rings is 1. The molecule has 3 N–H and O–H groups in total. The van der Waals surface area contributed by atoms with Crippen molar-refractivity contribution in [3.63, 3.8) is 0 Å². The highest BCUT2D eigenvalue weighted by Gasteiger charge is 2.58. The number of amidine groups is 1. The molecular formula is C20H17F7N4O3. The molecule has 0 saturated carbocycles. The normalized spacial score (nSPS) is 20.8. The van der Waals surface area contributed by atoms with Crippen LogP contribution in [-0.2, 0) is 10.3 Å². The van der Waals surface area contributed by atoms with Gasteiger partial charge in [0, 0.05) is 11.3 Å². The van der Waals surface area contributed by atoms with Crippen molar-refractivity contribution in [3.8, 4) is 5.75 Å². The lowest BCUT2D eigenvalue weighted by atomic mass is 9.86. The Bertz CT molecular complexity index is 1090. The summed E-state index contributed by atoms with van der Waals surface area (Å²) < 4.78 is 101. The van der Waals surface area contributed by atoms with Gasteiger partial charge in [0.15, 0.2) is 12.8 Å². The topological polar surface area (TPSA) is 98.8 Å². The molecule has 2 aromatic rings. The van der Waals surface area contributed by atoms with Gasteiger partial charge in [0.2, 0.25) is 0 Å². The van der Waals surface area contributed by atoms with Crippen LogP contribution in [0.3, 0.4) is 0 Å². The summed E-state index contributed by atoms with van der Waals surface area (Å²) >= 11 is 0. The molecule has 0 fully saturated rings. The van der Waals surface area contributed by atoms with Gasteiger partial charge in [0.25, 0.3) is 11.9 Å². The summed E-state index contributed by atoms with van der Waals surface area (Å²) in [7, 11) is 0. The summed E-state index contributed by atoms with van der Waals surface area (Å²) in [5, 5.41) is 2.39. The predicted molar refractivity (Wildman–Crippen MR) is 105 cm³/mol. The van der Waals surface area contributed by atoms with Gasteiger partial charge in [-0.3, -0.25) is 4.79 Å². The molecule has 0 aliphatic carbocycles. The Morgan fingerprint density at radius 3 is 2.59 bits per heavy atom. The second-order valence-corrected chi connectivity index (χ2v) is 7.39. The van der Waals surface area contributed by atoms with Gasteiger partial charge in [-0.2, -0.15) is 22.0 Å². The van der Waals surface area contributed by atoms with E-state index in [1.807, 2.05) is 0 Å². The summed E-state index contributed by atoms with van der Waals surface area (Å²) in [5.41, 5.74) is 3.35. The van der Waals surface area contributed by atoms with E-state index in [4.69, 9.17) is 10.5 Å². The Morgan fingerprint density at radius 2 is 1.97 bits per heavy atom. The molecule has 7 nitrogen and oxygen atoms in total. The van der Waals surface area contributed by atoms with Crippen molar-refractivity contribution in [1.82, 2.24) is 4.98 Å². The molecule has 1 aromatic carbocycles. The number of nitrogens with two attached hydrogens (primary N) is 1. The van der Waals surface area contributed by atoms with Crippen LogP contribution < -0.4 is 15.8 Å². The second-order valence-electron chi connectivity index (χ2n) is 7.39. The lowest BCUT2D eigenvalue weighted by Crippen LogP contribution is -2.43. The predicted octanol–water partition coefficient (Wildman–Crippen LogP) is 3.95. The van der Waals surface area contributed by atoms with Gasteiger partial charge >= 0.3 is 12.1 Å². The van der Waals surface area contributed by atoms with Gasteiger partial charge in [-0.15, -0.1) is 0 Å². The number of alkyl halides is 6. The summed E-state index contributed by atoms with van der Waals surface area (Å²) in [6, 6.07) is 4.98. The number of nitrogens with one attached hydrogen (secondary N) is 1. The molecule has 0 unspecified atom stereocenters. The first-order chi connectivity index (χ1) is 15.7. The number of anilines is 1. The number of aromatic nitrogens is 1. The van der Waals surface area contributed by atoms with E-state index in [2.05, 4.69) is 20.0 Å². The van der Waals surface area contributed by atoms with E-state index in [9.17, 15) is 35.5 Å². The number of aliphatic imine (C=N–C) groups is 1. The van der Waals surface area contributed by atoms with E-state index in [0.717, 1.165) is 30.5 Å². The van der Waals surface area contributed by atoms with E-state index in [0.29, 0.717) is 0 Å². The third-order valence-corrected chi connectivity index (χ3v) is 4.90. The van der Waals surface area contributed by atoms with Crippen LogP contribution in [-0.4, -0.2) is 48.4 Å². The highest BCUT2D eigenvalue weighted by molar-refractivity contribution is 6.02. The van der Waals surface area contributed by atoms with Crippen molar-refractivity contribution >= 4 is 17.6 Å². The first-order valence-electron chi connectivity index (χ1n) is 9.50. The Morgan fingerprint density at radius 1 is 1.26 bits per heavy atom. The van der Waals surface area contributed by atoms with Crippen molar-refractivity contribution in [1.29, 1.82) is 0 Å². The molecule has 184 valence electrons. The van der Waals surface area contributed by atoms with Crippen LogP contribution in [0.2, 0.25) is 0 Å². The Balaban J connectivity index is 1.73. The maximum atomic E-state index is 14.5. The van der Waals surface area contributed by atoms with Gasteiger partial charge in [0.1, 0.15) is 29.4 Å². The van der Waals surface area contributed by atoms with Crippen LogP contribution in [0.4, 0.5) is 36.4 Å². The fourth-order valence-electron chi connectivity index (χ4n) is 2.92. The van der Waals surface area contributed by atoms with Crippen molar-refractivity contribution in [2.75, 3.05) is 18.5 Å². The molecule has 1 aliphatic rings. The van der Waals surface area contributed by atoms with Gasteiger partial charge < -0.3 is 20.5 Å². The first kappa shape index (κ1) is 25.1. The zero-order valence-electron chi connectivity index (χ0n) is 17.3. The van der Waals surface area contributed by atoms with Crippen molar-refractivity contribution in [2.45, 2.75) is 30.7 Å². The number of carbonyl (C=O) groups excluding carboxylic acids is 1. The molecule has 0 radical (unpaired) electrons. The molecule has 14 heteroatoms. The van der Waals surface area contributed by atoms with E-state index in [1.165, 1.54) is 13.0 Å². The van der Waals surface area contributed by atoms with E-state index >= 15 is 0 Å². The minimum absolute atomic E-state index is 0.0436. The summed E-state index contributed by atoms with van der Waals surface area (Å²) in [6.45, 7) is -1.11. The number of halogens is 7. The third kappa shape index (κ3) is 5.15. The van der Waals surface area contributed by atoms with Crippen LogP contribution in [0, 0.1) is 5.82 Å². The second kappa shape index (κ2) is 8.99. The molecule has 34 heavy (non-hydrogen) atoms. The van der Waals surface area contributed by atoms with Crippen molar-refractivity contribution in [2.24, 2.45) is 10.7 Å². The van der Waals surface area contributed by atoms with Crippen LogP contribution >= 0.6 is 0 Å². The zero-order valence-corrected chi connectivity index (χ0v) is 17.3. The minimum atomic E-state index is -5.78. The van der Waals surface area contributed by atoms with Gasteiger partial charge in [-0.1, -0.05) is 0 Å². The zero-order chi connectivity index (χ0) is 25.3. The number of ether oxygens (including phenoxy) is 2. The number of carbonyl (C=O) groups is 1. The van der Waals surface area contributed by atoms with Crippen LogP contribution in [0.1, 0.15) is 23.0 Å².